The van der Waals surface area contributed by atoms with Gasteiger partial charge in [0.1, 0.15) is 5.02 Å². The molecule has 1 fully saturated rings. The zero-order valence-corrected chi connectivity index (χ0v) is 19.9. The van der Waals surface area contributed by atoms with Gasteiger partial charge >= 0.3 is 0 Å². The summed E-state index contributed by atoms with van der Waals surface area (Å²) in [6.45, 7) is 2.72. The third-order valence-electron chi connectivity index (χ3n) is 5.73. The number of aromatic nitrogens is 3. The third kappa shape index (κ3) is 5.44. The molecule has 0 spiro atoms. The van der Waals surface area contributed by atoms with Gasteiger partial charge in [0, 0.05) is 23.5 Å². The highest BCUT2D eigenvalue weighted by Crippen LogP contribution is 2.28. The van der Waals surface area contributed by atoms with Gasteiger partial charge in [-0.1, -0.05) is 17.7 Å². The van der Waals surface area contributed by atoms with E-state index in [0.29, 0.717) is 40.5 Å². The Morgan fingerprint density at radius 2 is 1.94 bits per heavy atom. The molecule has 4 N–H and O–H groups in total. The molecule has 5 rings (SSSR count). The fraction of sp³-hybridized carbons (Fsp3) is 0.250. The summed E-state index contributed by atoms with van der Waals surface area (Å²) < 4.78 is 1.07. The zero-order valence-electron chi connectivity index (χ0n) is 18.3. The monoisotopic (exact) mass is 493 g/mol. The molecule has 4 aromatic rings. The molecule has 2 aromatic carbocycles. The number of halogens is 1. The van der Waals surface area contributed by atoms with Crippen LogP contribution in [0.3, 0.4) is 0 Å². The van der Waals surface area contributed by atoms with Crippen molar-refractivity contribution in [2.45, 2.75) is 12.8 Å². The van der Waals surface area contributed by atoms with Crippen molar-refractivity contribution in [1.29, 1.82) is 0 Å². The van der Waals surface area contributed by atoms with E-state index in [4.69, 9.17) is 11.6 Å². The summed E-state index contributed by atoms with van der Waals surface area (Å²) in [6.07, 6.45) is 3.72. The van der Waals surface area contributed by atoms with Crippen LogP contribution >= 0.6 is 22.9 Å². The second-order valence-electron chi connectivity index (χ2n) is 8.16. The van der Waals surface area contributed by atoms with Crippen LogP contribution in [0.2, 0.25) is 5.02 Å². The number of carbonyl (C=O) groups is 1. The summed E-state index contributed by atoms with van der Waals surface area (Å²) in [5, 5.41) is 13.2. The maximum absolute atomic E-state index is 12.7. The molecule has 10 heteroatoms. The number of nitrogens with zero attached hydrogens (tertiary/aromatic N) is 3. The molecule has 1 saturated heterocycles. The molecule has 1 aliphatic heterocycles. The van der Waals surface area contributed by atoms with Gasteiger partial charge in [-0.25, -0.2) is 9.97 Å². The molecule has 174 valence electrons. The number of nitrogens with one attached hydrogen (secondary N) is 4. The van der Waals surface area contributed by atoms with Crippen molar-refractivity contribution in [3.05, 3.63) is 64.8 Å². The summed E-state index contributed by atoms with van der Waals surface area (Å²) >= 11 is 7.90. The Kier molecular flexibility index (Phi) is 6.84. The molecular formula is C24H24ClN7OS. The van der Waals surface area contributed by atoms with Crippen molar-refractivity contribution in [2.24, 2.45) is 5.92 Å². The number of benzene rings is 2. The first-order valence-electron chi connectivity index (χ1n) is 11.1. The fourth-order valence-corrected chi connectivity index (χ4v) is 4.73. The first-order valence-corrected chi connectivity index (χ1v) is 12.4. The highest BCUT2D eigenvalue weighted by atomic mass is 35.5. The average Bonchev–Trinajstić information content (AvgIpc) is 3.33. The maximum atomic E-state index is 12.7. The minimum Gasteiger partial charge on any atom is -0.352 e. The lowest BCUT2D eigenvalue weighted by atomic mass is 9.98. The quantitative estimate of drug-likeness (QED) is 0.288. The summed E-state index contributed by atoms with van der Waals surface area (Å²) in [5.74, 6) is 1.30. The number of anilines is 4. The van der Waals surface area contributed by atoms with Crippen LogP contribution in [0.5, 0.6) is 0 Å². The van der Waals surface area contributed by atoms with E-state index in [1.165, 1.54) is 0 Å². The van der Waals surface area contributed by atoms with Gasteiger partial charge in [0.25, 0.3) is 5.91 Å². The normalized spacial score (nSPS) is 14.1. The second-order valence-corrected chi connectivity index (χ2v) is 9.45. The Balaban J connectivity index is 1.26. The Hall–Kier alpha value is -3.27. The van der Waals surface area contributed by atoms with E-state index in [2.05, 4.69) is 36.2 Å². The number of hydrogen-bond donors (Lipinski definition) is 4. The smallest absolute Gasteiger partial charge is 0.251 e. The topological polar surface area (TPSA) is 104 Å². The number of thiazole rings is 1. The first-order chi connectivity index (χ1) is 16.6. The minimum absolute atomic E-state index is 0.0833. The molecule has 1 amide bonds. The van der Waals surface area contributed by atoms with Gasteiger partial charge in [-0.15, -0.1) is 11.3 Å². The molecule has 0 radical (unpaired) electrons. The van der Waals surface area contributed by atoms with Crippen LogP contribution in [0, 0.1) is 5.92 Å². The van der Waals surface area contributed by atoms with E-state index < -0.39 is 0 Å². The zero-order chi connectivity index (χ0) is 23.3. The molecule has 1 aliphatic rings. The van der Waals surface area contributed by atoms with E-state index in [-0.39, 0.29) is 5.91 Å². The van der Waals surface area contributed by atoms with E-state index in [1.54, 1.807) is 29.7 Å². The van der Waals surface area contributed by atoms with Gasteiger partial charge in [0.2, 0.25) is 5.95 Å². The van der Waals surface area contributed by atoms with Crippen molar-refractivity contribution in [1.82, 2.24) is 25.6 Å². The fourth-order valence-electron chi connectivity index (χ4n) is 3.88. The van der Waals surface area contributed by atoms with Gasteiger partial charge in [-0.2, -0.15) is 4.98 Å². The number of fused-ring (bicyclic) bond motifs is 1. The molecule has 2 aromatic heterocycles. The second kappa shape index (κ2) is 10.3. The van der Waals surface area contributed by atoms with Gasteiger partial charge in [0.05, 0.1) is 21.9 Å². The lowest BCUT2D eigenvalue weighted by molar-refractivity contribution is 0.0944. The van der Waals surface area contributed by atoms with Crippen molar-refractivity contribution >= 4 is 62.2 Å². The molecular weight excluding hydrogens is 470 g/mol. The maximum Gasteiger partial charge on any atom is 0.251 e. The highest BCUT2D eigenvalue weighted by Gasteiger charge is 2.15. The Morgan fingerprint density at radius 3 is 2.82 bits per heavy atom. The largest absolute Gasteiger partial charge is 0.352 e. The van der Waals surface area contributed by atoms with Crippen molar-refractivity contribution < 1.29 is 4.79 Å². The van der Waals surface area contributed by atoms with Crippen LogP contribution in [-0.2, 0) is 0 Å². The minimum atomic E-state index is -0.0833. The van der Waals surface area contributed by atoms with Crippen molar-refractivity contribution in [3.63, 3.8) is 0 Å². The summed E-state index contributed by atoms with van der Waals surface area (Å²) in [5.41, 5.74) is 4.93. The van der Waals surface area contributed by atoms with Crippen LogP contribution in [0.4, 0.5) is 23.1 Å². The van der Waals surface area contributed by atoms with Gasteiger partial charge in [0.15, 0.2) is 5.82 Å². The van der Waals surface area contributed by atoms with Crippen LogP contribution < -0.4 is 21.3 Å². The summed E-state index contributed by atoms with van der Waals surface area (Å²) in [7, 11) is 0. The van der Waals surface area contributed by atoms with Gasteiger partial charge in [-0.05, 0) is 68.2 Å². The number of carbonyl (C=O) groups excluding carboxylic acids is 1. The SMILES string of the molecule is O=C(NCC1CCNCC1)c1cccc(Nc2ncc(Cl)c(Nc3ccc4ncsc4c3)n2)c1. The summed E-state index contributed by atoms with van der Waals surface area (Å²) in [4.78, 5) is 25.7. The lowest BCUT2D eigenvalue weighted by Gasteiger charge is -2.22. The molecule has 0 saturated carbocycles. The highest BCUT2D eigenvalue weighted by molar-refractivity contribution is 7.16. The van der Waals surface area contributed by atoms with Crippen LogP contribution in [0.15, 0.2) is 54.2 Å². The Labute approximate surface area is 206 Å². The standard InChI is InChI=1S/C24H24ClN7OS/c25-19-13-28-24(32-22(19)30-18-4-5-20-21(11-18)34-14-29-20)31-17-3-1-2-16(10-17)23(33)27-12-15-6-8-26-9-7-15/h1-5,10-11,13-15,26H,6-9,12H2,(H,27,33)(H2,28,30,31,32). The van der Waals surface area contributed by atoms with Crippen LogP contribution in [-0.4, -0.2) is 40.5 Å². The van der Waals surface area contributed by atoms with Gasteiger partial charge < -0.3 is 21.3 Å². The number of amides is 1. The predicted octanol–water partition coefficient (Wildman–Crippen LogP) is 4.96. The van der Waals surface area contributed by atoms with E-state index in [0.717, 1.165) is 41.8 Å². The molecule has 8 nitrogen and oxygen atoms in total. The van der Waals surface area contributed by atoms with E-state index in [1.807, 2.05) is 35.8 Å². The van der Waals surface area contributed by atoms with E-state index in [9.17, 15) is 4.79 Å². The van der Waals surface area contributed by atoms with Crippen molar-refractivity contribution in [3.8, 4) is 0 Å². The van der Waals surface area contributed by atoms with Crippen LogP contribution in [0.25, 0.3) is 10.2 Å². The number of hydrogen-bond acceptors (Lipinski definition) is 8. The molecule has 0 bridgehead atoms. The predicted molar refractivity (Wildman–Crippen MR) is 138 cm³/mol. The summed E-state index contributed by atoms with van der Waals surface area (Å²) in [6, 6.07) is 13.2. The van der Waals surface area contributed by atoms with Crippen molar-refractivity contribution in [2.75, 3.05) is 30.3 Å². The molecule has 0 aliphatic carbocycles. The molecule has 34 heavy (non-hydrogen) atoms. The number of piperidine rings is 1. The molecule has 3 heterocycles. The van der Waals surface area contributed by atoms with E-state index >= 15 is 0 Å². The number of rotatable bonds is 7. The van der Waals surface area contributed by atoms with Gasteiger partial charge in [-0.3, -0.25) is 4.79 Å². The Bertz CT molecular complexity index is 1310. The van der Waals surface area contributed by atoms with Crippen LogP contribution in [0.1, 0.15) is 23.2 Å². The lowest BCUT2D eigenvalue weighted by Crippen LogP contribution is -2.35. The molecule has 0 atom stereocenters. The average molecular weight is 494 g/mol. The third-order valence-corrected chi connectivity index (χ3v) is 6.80. The molecule has 0 unspecified atom stereocenters. The Morgan fingerprint density at radius 1 is 1.09 bits per heavy atom. The first kappa shape index (κ1) is 22.5.